The first-order valence-electron chi connectivity index (χ1n) is 10.6. The standard InChI is InChI=1S/C22H24N4O6S/c1-4-11(9-13-18(29)24-21(32)25-19(13)30)16(27)12(5-2)17(28)20(31)26-22-23-14-7-6-10(3)8-15(14)33-22/h6-8,11-13H,4-5,9H2,1-3H3,(H,23,26,31)(H2,24,25,29,30,32). The Morgan fingerprint density at radius 3 is 2.36 bits per heavy atom. The minimum atomic E-state index is -1.23. The first-order chi connectivity index (χ1) is 15.6. The Hall–Kier alpha value is -3.47. The predicted octanol–water partition coefficient (Wildman–Crippen LogP) is 2.11. The second-order valence-corrected chi connectivity index (χ2v) is 8.90. The van der Waals surface area contributed by atoms with Gasteiger partial charge in [-0.3, -0.25) is 39.9 Å². The highest BCUT2D eigenvalue weighted by Crippen LogP contribution is 2.28. The predicted molar refractivity (Wildman–Crippen MR) is 120 cm³/mol. The van der Waals surface area contributed by atoms with Gasteiger partial charge in [0.2, 0.25) is 17.6 Å². The largest absolute Gasteiger partial charge is 0.328 e. The van der Waals surface area contributed by atoms with E-state index in [9.17, 15) is 28.8 Å². The van der Waals surface area contributed by atoms with E-state index in [0.29, 0.717) is 5.52 Å². The average Bonchev–Trinajstić information content (AvgIpc) is 3.14. The van der Waals surface area contributed by atoms with E-state index < -0.39 is 53.1 Å². The zero-order chi connectivity index (χ0) is 24.3. The van der Waals surface area contributed by atoms with Gasteiger partial charge in [-0.15, -0.1) is 0 Å². The normalized spacial score (nSPS) is 16.2. The van der Waals surface area contributed by atoms with E-state index in [2.05, 4.69) is 10.3 Å². The van der Waals surface area contributed by atoms with Crippen LogP contribution in [0.3, 0.4) is 0 Å². The monoisotopic (exact) mass is 472 g/mol. The van der Waals surface area contributed by atoms with Crippen LogP contribution in [-0.4, -0.2) is 40.3 Å². The molecule has 0 spiro atoms. The smallest absolute Gasteiger partial charge is 0.299 e. The Bertz CT molecular complexity index is 1140. The molecular formula is C22H24N4O6S. The van der Waals surface area contributed by atoms with Crippen LogP contribution in [0.5, 0.6) is 0 Å². The number of barbiturate groups is 1. The Balaban J connectivity index is 1.70. The topological polar surface area (TPSA) is 151 Å². The number of ketones is 2. The second-order valence-electron chi connectivity index (χ2n) is 7.87. The van der Waals surface area contributed by atoms with Gasteiger partial charge < -0.3 is 0 Å². The van der Waals surface area contributed by atoms with Crippen molar-refractivity contribution in [1.82, 2.24) is 15.6 Å². The van der Waals surface area contributed by atoms with E-state index in [1.54, 1.807) is 13.8 Å². The van der Waals surface area contributed by atoms with Crippen LogP contribution in [0.25, 0.3) is 10.2 Å². The number of imide groups is 2. The number of benzene rings is 1. The fraction of sp³-hybridized carbons (Fsp3) is 0.409. The van der Waals surface area contributed by atoms with Crippen LogP contribution in [0.15, 0.2) is 18.2 Å². The number of hydrogen-bond acceptors (Lipinski definition) is 8. The summed E-state index contributed by atoms with van der Waals surface area (Å²) in [5.74, 6) is -7.21. The Morgan fingerprint density at radius 1 is 1.09 bits per heavy atom. The summed E-state index contributed by atoms with van der Waals surface area (Å²) in [5.41, 5.74) is 1.72. The first kappa shape index (κ1) is 24.2. The number of urea groups is 1. The van der Waals surface area contributed by atoms with Gasteiger partial charge in [-0.05, 0) is 43.9 Å². The molecule has 3 rings (SSSR count). The number of nitrogens with zero attached hydrogens (tertiary/aromatic N) is 1. The van der Waals surface area contributed by atoms with Crippen LogP contribution in [0.1, 0.15) is 38.7 Å². The fourth-order valence-electron chi connectivity index (χ4n) is 3.73. The van der Waals surface area contributed by atoms with E-state index >= 15 is 0 Å². The molecule has 33 heavy (non-hydrogen) atoms. The van der Waals surface area contributed by atoms with Crippen molar-refractivity contribution in [2.75, 3.05) is 5.32 Å². The number of Topliss-reactive ketones (excluding diaryl/α,β-unsaturated/α-hetero) is 2. The number of amides is 5. The molecule has 174 valence electrons. The molecule has 0 radical (unpaired) electrons. The molecule has 3 N–H and O–H groups in total. The maximum atomic E-state index is 13.1. The average molecular weight is 473 g/mol. The third kappa shape index (κ3) is 5.30. The molecule has 5 amide bonds. The fourth-order valence-corrected chi connectivity index (χ4v) is 4.69. The maximum Gasteiger partial charge on any atom is 0.328 e. The van der Waals surface area contributed by atoms with Gasteiger partial charge in [0, 0.05) is 5.92 Å². The van der Waals surface area contributed by atoms with Crippen molar-refractivity contribution in [2.24, 2.45) is 17.8 Å². The van der Waals surface area contributed by atoms with E-state index in [4.69, 9.17) is 0 Å². The van der Waals surface area contributed by atoms with Crippen molar-refractivity contribution in [3.05, 3.63) is 23.8 Å². The van der Waals surface area contributed by atoms with Crippen molar-refractivity contribution < 1.29 is 28.8 Å². The van der Waals surface area contributed by atoms with Crippen LogP contribution in [0.2, 0.25) is 0 Å². The molecule has 10 nitrogen and oxygen atoms in total. The van der Waals surface area contributed by atoms with E-state index in [0.717, 1.165) is 10.3 Å². The summed E-state index contributed by atoms with van der Waals surface area (Å²) in [6.45, 7) is 5.23. The number of fused-ring (bicyclic) bond motifs is 1. The summed E-state index contributed by atoms with van der Waals surface area (Å²) in [6.07, 6.45) is 0.178. The summed E-state index contributed by atoms with van der Waals surface area (Å²) in [5, 5.41) is 6.72. The van der Waals surface area contributed by atoms with Crippen molar-refractivity contribution in [2.45, 2.75) is 40.0 Å². The van der Waals surface area contributed by atoms with Crippen molar-refractivity contribution in [1.29, 1.82) is 0 Å². The Kier molecular flexibility index (Phi) is 7.32. The molecule has 0 aliphatic carbocycles. The zero-order valence-electron chi connectivity index (χ0n) is 18.4. The molecule has 2 aromatic rings. The Morgan fingerprint density at radius 2 is 1.76 bits per heavy atom. The van der Waals surface area contributed by atoms with Crippen molar-refractivity contribution in [3.63, 3.8) is 0 Å². The molecule has 1 saturated heterocycles. The van der Waals surface area contributed by atoms with Crippen molar-refractivity contribution >= 4 is 62.0 Å². The number of aryl methyl sites for hydroxylation is 1. The molecule has 1 aromatic carbocycles. The quantitative estimate of drug-likeness (QED) is 0.373. The van der Waals surface area contributed by atoms with Crippen LogP contribution in [-0.2, 0) is 24.0 Å². The van der Waals surface area contributed by atoms with Gasteiger partial charge in [0.1, 0.15) is 11.7 Å². The summed E-state index contributed by atoms with van der Waals surface area (Å²) in [6, 6.07) is 4.70. The van der Waals surface area contributed by atoms with Gasteiger partial charge in [-0.25, -0.2) is 9.78 Å². The number of rotatable bonds is 9. The number of hydrogen-bond donors (Lipinski definition) is 3. The summed E-state index contributed by atoms with van der Waals surface area (Å²) in [4.78, 5) is 78.1. The molecule has 1 aliphatic heterocycles. The maximum absolute atomic E-state index is 13.1. The molecule has 2 heterocycles. The highest BCUT2D eigenvalue weighted by Gasteiger charge is 2.40. The molecule has 0 saturated carbocycles. The highest BCUT2D eigenvalue weighted by atomic mass is 32.1. The molecule has 11 heteroatoms. The van der Waals surface area contributed by atoms with Gasteiger partial charge in [0.15, 0.2) is 5.13 Å². The van der Waals surface area contributed by atoms with Gasteiger partial charge in [-0.2, -0.15) is 0 Å². The van der Waals surface area contributed by atoms with Gasteiger partial charge >= 0.3 is 6.03 Å². The summed E-state index contributed by atoms with van der Waals surface area (Å²) in [7, 11) is 0. The van der Waals surface area contributed by atoms with E-state index in [1.165, 1.54) is 11.3 Å². The lowest BCUT2D eigenvalue weighted by atomic mass is 9.80. The molecule has 1 fully saturated rings. The van der Waals surface area contributed by atoms with E-state index in [1.807, 2.05) is 35.8 Å². The molecule has 2 atom stereocenters. The number of carbonyl (C=O) groups excluding carboxylic acids is 6. The number of nitrogens with one attached hydrogen (secondary N) is 3. The summed E-state index contributed by atoms with van der Waals surface area (Å²) >= 11 is 1.22. The molecule has 1 aromatic heterocycles. The zero-order valence-corrected chi connectivity index (χ0v) is 19.2. The number of aromatic nitrogens is 1. The minimum absolute atomic E-state index is 0.0855. The molecule has 2 unspecified atom stereocenters. The number of carbonyl (C=O) groups is 6. The lowest BCUT2D eigenvalue weighted by Gasteiger charge is -2.25. The van der Waals surface area contributed by atoms with Gasteiger partial charge in [-0.1, -0.05) is 31.3 Å². The second kappa shape index (κ2) is 9.99. The van der Waals surface area contributed by atoms with E-state index in [-0.39, 0.29) is 24.4 Å². The van der Waals surface area contributed by atoms with Gasteiger partial charge in [0.25, 0.3) is 5.91 Å². The van der Waals surface area contributed by atoms with Crippen LogP contribution < -0.4 is 16.0 Å². The Labute approximate surface area is 193 Å². The number of thiazole rings is 1. The SMILES string of the molecule is CCC(CC1C(=O)NC(=O)NC1=O)C(=O)C(CC)C(=O)C(=O)Nc1nc2ccc(C)cc2s1. The van der Waals surface area contributed by atoms with Crippen LogP contribution in [0.4, 0.5) is 9.93 Å². The lowest BCUT2D eigenvalue weighted by Crippen LogP contribution is -2.56. The number of anilines is 1. The summed E-state index contributed by atoms with van der Waals surface area (Å²) < 4.78 is 0.856. The first-order valence-corrected chi connectivity index (χ1v) is 11.4. The third-order valence-corrected chi connectivity index (χ3v) is 6.51. The van der Waals surface area contributed by atoms with Crippen molar-refractivity contribution in [3.8, 4) is 0 Å². The minimum Gasteiger partial charge on any atom is -0.299 e. The molecule has 0 bridgehead atoms. The van der Waals surface area contributed by atoms with Gasteiger partial charge in [0.05, 0.1) is 16.1 Å². The molecule has 1 aliphatic rings. The van der Waals surface area contributed by atoms with Crippen LogP contribution in [0, 0.1) is 24.7 Å². The van der Waals surface area contributed by atoms with Crippen LogP contribution >= 0.6 is 11.3 Å². The third-order valence-electron chi connectivity index (χ3n) is 5.58. The molecular weight excluding hydrogens is 448 g/mol. The lowest BCUT2D eigenvalue weighted by molar-refractivity contribution is -0.143. The highest BCUT2D eigenvalue weighted by molar-refractivity contribution is 7.22.